The molecule has 0 saturated carbocycles. The van der Waals surface area contributed by atoms with Crippen LogP contribution in [0.25, 0.3) is 0 Å². The molecule has 0 fully saturated rings. The molecule has 2 atom stereocenters. The third-order valence-electron chi connectivity index (χ3n) is 7.25. The number of unbranched alkanes of at least 4 members (excludes halogenated alkanes) is 13. The molecule has 0 radical (unpaired) electrons. The lowest BCUT2D eigenvalue weighted by molar-refractivity contribution is -0.226. The SMILES string of the molecule is CC(C)(C)CC(COCCCCCCCCCCCCCCCCC(C)(F)C(F)(F)F)OCc1ccccc1. The van der Waals surface area contributed by atoms with Crippen molar-refractivity contribution in [1.82, 2.24) is 0 Å². The molecular weight excluding hydrogens is 504 g/mol. The minimum absolute atomic E-state index is 0.112. The zero-order valence-corrected chi connectivity index (χ0v) is 25.2. The second kappa shape index (κ2) is 19.9. The summed E-state index contributed by atoms with van der Waals surface area (Å²) in [6.07, 6.45) is 11.0. The van der Waals surface area contributed by atoms with Crippen molar-refractivity contribution in [3.8, 4) is 0 Å². The maximum Gasteiger partial charge on any atom is 0.422 e. The minimum Gasteiger partial charge on any atom is -0.379 e. The van der Waals surface area contributed by atoms with Crippen molar-refractivity contribution in [3.05, 3.63) is 35.9 Å². The lowest BCUT2D eigenvalue weighted by atomic mass is 9.89. The summed E-state index contributed by atoms with van der Waals surface area (Å²) in [6, 6.07) is 10.3. The fourth-order valence-electron chi connectivity index (χ4n) is 4.78. The van der Waals surface area contributed by atoms with Gasteiger partial charge in [-0.05, 0) is 43.6 Å². The van der Waals surface area contributed by atoms with E-state index in [0.29, 0.717) is 33.0 Å². The highest BCUT2D eigenvalue weighted by atomic mass is 19.4. The van der Waals surface area contributed by atoms with E-state index >= 15 is 0 Å². The van der Waals surface area contributed by atoms with Crippen LogP contribution in [0.3, 0.4) is 0 Å². The molecule has 0 heterocycles. The monoisotopic (exact) mass is 560 g/mol. The van der Waals surface area contributed by atoms with Crippen LogP contribution in [0.2, 0.25) is 0 Å². The zero-order chi connectivity index (χ0) is 29.0. The fourth-order valence-corrected chi connectivity index (χ4v) is 4.78. The van der Waals surface area contributed by atoms with E-state index in [0.717, 1.165) is 38.7 Å². The highest BCUT2D eigenvalue weighted by Crippen LogP contribution is 2.37. The van der Waals surface area contributed by atoms with Crippen LogP contribution >= 0.6 is 0 Å². The highest BCUT2D eigenvalue weighted by Gasteiger charge is 2.51. The van der Waals surface area contributed by atoms with E-state index in [4.69, 9.17) is 9.47 Å². The Labute approximate surface area is 236 Å². The Morgan fingerprint density at radius 3 is 1.56 bits per heavy atom. The van der Waals surface area contributed by atoms with E-state index in [2.05, 4.69) is 32.9 Å². The predicted molar refractivity (Wildman–Crippen MR) is 155 cm³/mol. The van der Waals surface area contributed by atoms with Gasteiger partial charge in [-0.1, -0.05) is 128 Å². The first-order valence-corrected chi connectivity index (χ1v) is 15.4. The number of alkyl halides is 4. The molecule has 1 aromatic carbocycles. The van der Waals surface area contributed by atoms with E-state index in [1.165, 1.54) is 56.9 Å². The van der Waals surface area contributed by atoms with Crippen LogP contribution in [0.5, 0.6) is 0 Å². The molecular formula is C33H56F4O2. The Hall–Kier alpha value is -1.14. The maximum atomic E-state index is 13.5. The molecule has 1 rings (SSSR count). The van der Waals surface area contributed by atoms with E-state index in [1.54, 1.807) is 0 Å². The minimum atomic E-state index is -4.75. The van der Waals surface area contributed by atoms with Crippen molar-refractivity contribution in [1.29, 1.82) is 0 Å². The summed E-state index contributed by atoms with van der Waals surface area (Å²) < 4.78 is 63.1. The first kappa shape index (κ1) is 35.9. The molecule has 0 spiro atoms. The summed E-state index contributed by atoms with van der Waals surface area (Å²) >= 11 is 0. The molecule has 0 aromatic heterocycles. The molecule has 0 N–H and O–H groups in total. The van der Waals surface area contributed by atoms with Crippen molar-refractivity contribution in [2.24, 2.45) is 5.41 Å². The molecule has 6 heteroatoms. The topological polar surface area (TPSA) is 18.5 Å². The molecule has 0 amide bonds. The number of hydrogen-bond acceptors (Lipinski definition) is 2. The molecule has 0 aliphatic carbocycles. The van der Waals surface area contributed by atoms with Gasteiger partial charge in [0, 0.05) is 6.61 Å². The van der Waals surface area contributed by atoms with Crippen LogP contribution in [0.15, 0.2) is 30.3 Å². The molecule has 1 aromatic rings. The smallest absolute Gasteiger partial charge is 0.379 e. The fraction of sp³-hybridized carbons (Fsp3) is 0.818. The van der Waals surface area contributed by atoms with Gasteiger partial charge in [-0.3, -0.25) is 0 Å². The summed E-state index contributed by atoms with van der Waals surface area (Å²) in [4.78, 5) is 0. The number of halogens is 4. The molecule has 0 aliphatic rings. The molecule has 2 nitrogen and oxygen atoms in total. The van der Waals surface area contributed by atoms with Gasteiger partial charge >= 0.3 is 6.18 Å². The van der Waals surface area contributed by atoms with Gasteiger partial charge in [0.25, 0.3) is 0 Å². The van der Waals surface area contributed by atoms with Crippen molar-refractivity contribution >= 4 is 0 Å². The van der Waals surface area contributed by atoms with Crippen LogP contribution < -0.4 is 0 Å². The summed E-state index contributed by atoms with van der Waals surface area (Å²) in [5, 5.41) is 0. The zero-order valence-electron chi connectivity index (χ0n) is 25.2. The molecule has 228 valence electrons. The lowest BCUT2D eigenvalue weighted by Crippen LogP contribution is -2.37. The Balaban J connectivity index is 1.92. The van der Waals surface area contributed by atoms with Crippen LogP contribution in [0.4, 0.5) is 17.6 Å². The van der Waals surface area contributed by atoms with Crippen molar-refractivity contribution in [2.45, 2.75) is 155 Å². The molecule has 0 saturated heterocycles. The summed E-state index contributed by atoms with van der Waals surface area (Å²) in [5.74, 6) is 0. The Morgan fingerprint density at radius 1 is 0.641 bits per heavy atom. The van der Waals surface area contributed by atoms with Crippen LogP contribution in [0.1, 0.15) is 136 Å². The first-order valence-electron chi connectivity index (χ1n) is 15.4. The van der Waals surface area contributed by atoms with E-state index in [-0.39, 0.29) is 11.5 Å². The Kier molecular flexibility index (Phi) is 18.3. The number of hydrogen-bond donors (Lipinski definition) is 0. The van der Waals surface area contributed by atoms with Gasteiger partial charge in [-0.25, -0.2) is 4.39 Å². The largest absolute Gasteiger partial charge is 0.422 e. The molecule has 39 heavy (non-hydrogen) atoms. The average molecular weight is 561 g/mol. The molecule has 2 unspecified atom stereocenters. The van der Waals surface area contributed by atoms with Gasteiger partial charge in [0.2, 0.25) is 5.67 Å². The van der Waals surface area contributed by atoms with E-state index in [9.17, 15) is 17.6 Å². The van der Waals surface area contributed by atoms with E-state index < -0.39 is 18.3 Å². The quantitative estimate of drug-likeness (QED) is 0.0979. The summed E-state index contributed by atoms with van der Waals surface area (Å²) in [7, 11) is 0. The second-order valence-electron chi connectivity index (χ2n) is 12.7. The third-order valence-corrected chi connectivity index (χ3v) is 7.25. The third kappa shape index (κ3) is 19.6. The Bertz CT molecular complexity index is 698. The van der Waals surface area contributed by atoms with Gasteiger partial charge in [0.05, 0.1) is 19.3 Å². The van der Waals surface area contributed by atoms with Gasteiger partial charge < -0.3 is 9.47 Å². The Morgan fingerprint density at radius 2 is 1.10 bits per heavy atom. The average Bonchev–Trinajstić information content (AvgIpc) is 2.85. The van der Waals surface area contributed by atoms with Gasteiger partial charge in [-0.2, -0.15) is 13.2 Å². The maximum absolute atomic E-state index is 13.5. The van der Waals surface area contributed by atoms with Crippen molar-refractivity contribution in [2.75, 3.05) is 13.2 Å². The van der Waals surface area contributed by atoms with Gasteiger partial charge in [-0.15, -0.1) is 0 Å². The predicted octanol–water partition coefficient (Wildman–Crippen LogP) is 11.2. The lowest BCUT2D eigenvalue weighted by Gasteiger charge is -2.26. The normalized spacial score (nSPS) is 14.9. The van der Waals surface area contributed by atoms with Gasteiger partial charge in [0.15, 0.2) is 0 Å². The summed E-state index contributed by atoms with van der Waals surface area (Å²) in [6.45, 7) is 9.45. The standard InChI is InChI=1S/C33H56F4O2/c1-31(2,3)26-30(39-27-29-22-18-17-19-23-29)28-38-25-21-16-14-12-10-8-6-5-7-9-11-13-15-20-24-32(4,34)33(35,36)37/h17-19,22-23,30H,5-16,20-21,24-28H2,1-4H3. The molecule has 0 bridgehead atoms. The van der Waals surface area contributed by atoms with Crippen LogP contribution in [-0.2, 0) is 16.1 Å². The second-order valence-corrected chi connectivity index (χ2v) is 12.7. The number of rotatable bonds is 23. The van der Waals surface area contributed by atoms with Crippen LogP contribution in [0, 0.1) is 5.41 Å². The molecule has 0 aliphatic heterocycles. The van der Waals surface area contributed by atoms with Crippen LogP contribution in [-0.4, -0.2) is 31.2 Å². The highest BCUT2D eigenvalue weighted by molar-refractivity contribution is 5.13. The van der Waals surface area contributed by atoms with Crippen molar-refractivity contribution in [3.63, 3.8) is 0 Å². The number of benzene rings is 1. The van der Waals surface area contributed by atoms with Crippen molar-refractivity contribution < 1.29 is 27.0 Å². The first-order chi connectivity index (χ1) is 18.4. The number of ether oxygens (including phenoxy) is 2. The van der Waals surface area contributed by atoms with Gasteiger partial charge in [0.1, 0.15) is 0 Å². The summed E-state index contributed by atoms with van der Waals surface area (Å²) in [5.41, 5.74) is -1.65. The van der Waals surface area contributed by atoms with E-state index in [1.807, 2.05) is 18.2 Å².